The minimum atomic E-state index is -0.179. The van der Waals surface area contributed by atoms with Gasteiger partial charge in [0.2, 0.25) is 0 Å². The first-order valence-corrected chi connectivity index (χ1v) is 11.1. The van der Waals surface area contributed by atoms with Crippen LogP contribution in [0.1, 0.15) is 43.4 Å². The van der Waals surface area contributed by atoms with Crippen molar-refractivity contribution in [3.8, 4) is 5.75 Å². The minimum absolute atomic E-state index is 0.179. The van der Waals surface area contributed by atoms with Gasteiger partial charge in [0.25, 0.3) is 0 Å². The van der Waals surface area contributed by atoms with Gasteiger partial charge >= 0.3 is 0 Å². The molecular weight excluding hydrogens is 377 g/mol. The second-order valence-corrected chi connectivity index (χ2v) is 8.82. The Kier molecular flexibility index (Phi) is 8.67. The summed E-state index contributed by atoms with van der Waals surface area (Å²) in [5.74, 6) is 1.24. The highest BCUT2D eigenvalue weighted by molar-refractivity contribution is 5.29. The van der Waals surface area contributed by atoms with E-state index in [1.807, 2.05) is 18.2 Å². The molecule has 2 N–H and O–H groups in total. The maximum atomic E-state index is 13.8. The van der Waals surface area contributed by atoms with Gasteiger partial charge in [-0.25, -0.2) is 4.39 Å². The largest absolute Gasteiger partial charge is 0.493 e. The number of ether oxygens (including phenoxy) is 1. The number of nitrogens with one attached hydrogen (secondary N) is 2. The number of benzene rings is 2. The van der Waals surface area contributed by atoms with Crippen LogP contribution in [0.2, 0.25) is 0 Å². The number of hydrogen-bond donors (Lipinski definition) is 2. The Labute approximate surface area is 180 Å². The van der Waals surface area contributed by atoms with Gasteiger partial charge in [0.1, 0.15) is 11.6 Å². The Hall–Kier alpha value is -1.95. The van der Waals surface area contributed by atoms with E-state index in [2.05, 4.69) is 48.6 Å². The van der Waals surface area contributed by atoms with Crippen LogP contribution in [0.25, 0.3) is 0 Å². The van der Waals surface area contributed by atoms with E-state index >= 15 is 0 Å². The third-order valence-electron chi connectivity index (χ3n) is 5.62. The standard InChI is InChI=1S/C25H36FN3O/c1-19(2)18-30-25-8-4-20(5-9-25)15-27-16-22-14-23(26)7-6-21(22)17-28-24-10-12-29(3)13-11-24/h4-9,14,19,24,27-28H,10-13,15-18H2,1-3H3. The van der Waals surface area contributed by atoms with Crippen molar-refractivity contribution in [3.05, 3.63) is 65.0 Å². The van der Waals surface area contributed by atoms with E-state index in [-0.39, 0.29) is 5.82 Å². The fourth-order valence-electron chi connectivity index (χ4n) is 3.71. The zero-order valence-electron chi connectivity index (χ0n) is 18.6. The molecule has 0 spiro atoms. The molecule has 1 aliphatic rings. The Morgan fingerprint density at radius 1 is 1.00 bits per heavy atom. The lowest BCUT2D eigenvalue weighted by atomic mass is 10.0. The lowest BCUT2D eigenvalue weighted by molar-refractivity contribution is 0.234. The van der Waals surface area contributed by atoms with Gasteiger partial charge in [0.05, 0.1) is 6.61 Å². The second kappa shape index (κ2) is 11.4. The predicted molar refractivity (Wildman–Crippen MR) is 121 cm³/mol. The zero-order valence-corrected chi connectivity index (χ0v) is 18.6. The zero-order chi connectivity index (χ0) is 21.3. The van der Waals surface area contributed by atoms with Crippen LogP contribution in [-0.2, 0) is 19.6 Å². The Balaban J connectivity index is 1.49. The monoisotopic (exact) mass is 413 g/mol. The first kappa shape index (κ1) is 22.7. The van der Waals surface area contributed by atoms with Gasteiger partial charge in [-0.1, -0.05) is 32.0 Å². The van der Waals surface area contributed by atoms with E-state index in [4.69, 9.17) is 4.74 Å². The van der Waals surface area contributed by atoms with Crippen LogP contribution in [0.3, 0.4) is 0 Å². The third kappa shape index (κ3) is 7.38. The van der Waals surface area contributed by atoms with Gasteiger partial charge in [-0.15, -0.1) is 0 Å². The molecule has 2 aromatic carbocycles. The highest BCUT2D eigenvalue weighted by Crippen LogP contribution is 2.16. The van der Waals surface area contributed by atoms with Crippen molar-refractivity contribution in [2.45, 2.75) is 52.4 Å². The summed E-state index contributed by atoms with van der Waals surface area (Å²) in [7, 11) is 2.17. The molecule has 1 heterocycles. The molecule has 3 rings (SSSR count). The Bertz CT molecular complexity index is 770. The summed E-state index contributed by atoms with van der Waals surface area (Å²) in [5.41, 5.74) is 3.38. The predicted octanol–water partition coefficient (Wildman–Crippen LogP) is 4.33. The molecule has 30 heavy (non-hydrogen) atoms. The highest BCUT2D eigenvalue weighted by atomic mass is 19.1. The van der Waals surface area contributed by atoms with Crippen molar-refractivity contribution in [2.75, 3.05) is 26.7 Å². The fraction of sp³-hybridized carbons (Fsp3) is 0.520. The van der Waals surface area contributed by atoms with E-state index in [1.54, 1.807) is 12.1 Å². The lowest BCUT2D eigenvalue weighted by Crippen LogP contribution is -2.40. The fourth-order valence-corrected chi connectivity index (χ4v) is 3.71. The van der Waals surface area contributed by atoms with Crippen molar-refractivity contribution in [3.63, 3.8) is 0 Å². The maximum absolute atomic E-state index is 13.8. The molecule has 0 unspecified atom stereocenters. The summed E-state index contributed by atoms with van der Waals surface area (Å²) < 4.78 is 19.6. The molecule has 0 saturated carbocycles. The molecule has 4 nitrogen and oxygen atoms in total. The molecule has 164 valence electrons. The van der Waals surface area contributed by atoms with Crippen LogP contribution >= 0.6 is 0 Å². The summed E-state index contributed by atoms with van der Waals surface area (Å²) in [5, 5.41) is 7.12. The first-order valence-electron chi connectivity index (χ1n) is 11.1. The molecule has 1 fully saturated rings. The van der Waals surface area contributed by atoms with E-state index in [0.717, 1.165) is 44.1 Å². The van der Waals surface area contributed by atoms with Crippen molar-refractivity contribution >= 4 is 0 Å². The quantitative estimate of drug-likeness (QED) is 0.608. The maximum Gasteiger partial charge on any atom is 0.123 e. The van der Waals surface area contributed by atoms with E-state index in [1.165, 1.54) is 24.0 Å². The Morgan fingerprint density at radius 3 is 2.43 bits per heavy atom. The molecule has 0 aromatic heterocycles. The van der Waals surface area contributed by atoms with Crippen molar-refractivity contribution in [1.82, 2.24) is 15.5 Å². The highest BCUT2D eigenvalue weighted by Gasteiger charge is 2.16. The van der Waals surface area contributed by atoms with Crippen molar-refractivity contribution < 1.29 is 9.13 Å². The molecular formula is C25H36FN3O. The number of halogens is 1. The molecule has 0 radical (unpaired) electrons. The van der Waals surface area contributed by atoms with Crippen molar-refractivity contribution in [1.29, 1.82) is 0 Å². The van der Waals surface area contributed by atoms with Gasteiger partial charge in [-0.3, -0.25) is 0 Å². The van der Waals surface area contributed by atoms with Gasteiger partial charge in [0.15, 0.2) is 0 Å². The normalized spacial score (nSPS) is 15.6. The van der Waals surface area contributed by atoms with Gasteiger partial charge < -0.3 is 20.3 Å². The topological polar surface area (TPSA) is 36.5 Å². The number of nitrogens with zero attached hydrogens (tertiary/aromatic N) is 1. The molecule has 0 aliphatic carbocycles. The van der Waals surface area contributed by atoms with Gasteiger partial charge in [-0.2, -0.15) is 0 Å². The molecule has 2 aromatic rings. The Morgan fingerprint density at radius 2 is 1.73 bits per heavy atom. The molecule has 1 aliphatic heterocycles. The summed E-state index contributed by atoms with van der Waals surface area (Å²) >= 11 is 0. The number of likely N-dealkylation sites (tertiary alicyclic amines) is 1. The van der Waals surface area contributed by atoms with E-state index in [9.17, 15) is 4.39 Å². The SMILES string of the molecule is CC(C)COc1ccc(CNCc2cc(F)ccc2CNC2CCN(C)CC2)cc1. The lowest BCUT2D eigenvalue weighted by Gasteiger charge is -2.29. The van der Waals surface area contributed by atoms with Gasteiger partial charge in [0, 0.05) is 25.7 Å². The number of piperidine rings is 1. The second-order valence-electron chi connectivity index (χ2n) is 8.82. The first-order chi connectivity index (χ1) is 14.5. The molecule has 0 bridgehead atoms. The number of hydrogen-bond acceptors (Lipinski definition) is 4. The van der Waals surface area contributed by atoms with Crippen LogP contribution in [0, 0.1) is 11.7 Å². The van der Waals surface area contributed by atoms with Gasteiger partial charge in [-0.05, 0) is 79.9 Å². The molecule has 5 heteroatoms. The molecule has 1 saturated heterocycles. The van der Waals surface area contributed by atoms with Crippen LogP contribution in [0.15, 0.2) is 42.5 Å². The van der Waals surface area contributed by atoms with Crippen LogP contribution < -0.4 is 15.4 Å². The smallest absolute Gasteiger partial charge is 0.123 e. The molecule has 0 atom stereocenters. The molecule has 0 amide bonds. The van der Waals surface area contributed by atoms with Crippen molar-refractivity contribution in [2.24, 2.45) is 5.92 Å². The summed E-state index contributed by atoms with van der Waals surface area (Å²) in [6.45, 7) is 9.45. The summed E-state index contributed by atoms with van der Waals surface area (Å²) in [4.78, 5) is 2.37. The average Bonchev–Trinajstić information content (AvgIpc) is 2.74. The van der Waals surface area contributed by atoms with E-state index < -0.39 is 0 Å². The average molecular weight is 414 g/mol. The van der Waals surface area contributed by atoms with Crippen LogP contribution in [-0.4, -0.2) is 37.7 Å². The number of rotatable bonds is 10. The minimum Gasteiger partial charge on any atom is -0.493 e. The summed E-state index contributed by atoms with van der Waals surface area (Å²) in [6, 6.07) is 13.9. The van der Waals surface area contributed by atoms with Crippen LogP contribution in [0.4, 0.5) is 4.39 Å². The summed E-state index contributed by atoms with van der Waals surface area (Å²) in [6.07, 6.45) is 2.34. The van der Waals surface area contributed by atoms with E-state index in [0.29, 0.717) is 18.5 Å². The third-order valence-corrected chi connectivity index (χ3v) is 5.62. The van der Waals surface area contributed by atoms with Crippen LogP contribution in [0.5, 0.6) is 5.75 Å².